The molecule has 0 bridgehead atoms. The zero-order chi connectivity index (χ0) is 34.2. The molecule has 7 N–H and O–H groups in total. The molecule has 1 fully saturated rings. The largest absolute Gasteiger partial charge is 0.508 e. The van der Waals surface area contributed by atoms with Gasteiger partial charge in [-0.25, -0.2) is 4.79 Å². The Morgan fingerprint density at radius 1 is 1.11 bits per heavy atom. The number of ketones is 2. The van der Waals surface area contributed by atoms with Crippen molar-refractivity contribution >= 4 is 46.6 Å². The number of aromatic hydroxyl groups is 1. The highest BCUT2D eigenvalue weighted by Gasteiger charge is 2.69. The molecule has 2 aromatic rings. The van der Waals surface area contributed by atoms with E-state index < -0.39 is 105 Å². The van der Waals surface area contributed by atoms with Crippen LogP contribution in [0.25, 0.3) is 5.76 Å². The van der Waals surface area contributed by atoms with Gasteiger partial charge in [-0.05, 0) is 49.8 Å². The molecule has 6 atom stereocenters. The molecule has 2 amide bonds. The number of carbonyl (C=O) groups excluding carboxylic acids is 4. The predicted octanol–water partition coefficient (Wildman–Crippen LogP) is 3.42. The number of anilines is 1. The fourth-order valence-corrected chi connectivity index (χ4v) is 6.98. The Labute approximate surface area is 263 Å². The minimum absolute atomic E-state index is 0.203. The molecule has 0 radical (unpaired) electrons. The average molecular weight is 666 g/mol. The third kappa shape index (κ3) is 4.77. The lowest BCUT2D eigenvalue weighted by atomic mass is 9.54. The van der Waals surface area contributed by atoms with Gasteiger partial charge in [0.2, 0.25) is 5.78 Å². The Bertz CT molecular complexity index is 1770. The Hall–Kier alpha value is -4.60. The molecular weight excluding hydrogens is 639 g/mol. The molecule has 5 rings (SSSR count). The van der Waals surface area contributed by atoms with Crippen molar-refractivity contribution in [2.45, 2.75) is 36.8 Å². The SMILES string of the molecule is C[C@@H]1c2cccc(O)c2C(O)=C2C(=O)[C@@]3(O)C(O)=C(C(N)=O)C(=O)[C@H](N(C)C)[C@H]3[C@H](OC(=O)Nc3ccc(Cl)cc3C(F)(F)F)[C@H]21. The summed E-state index contributed by atoms with van der Waals surface area (Å²) in [5.74, 6) is -11.0. The van der Waals surface area contributed by atoms with Crippen LogP contribution in [0.1, 0.15) is 29.5 Å². The van der Waals surface area contributed by atoms with Gasteiger partial charge in [-0.1, -0.05) is 30.7 Å². The molecule has 0 spiro atoms. The van der Waals surface area contributed by atoms with Crippen LogP contribution in [-0.2, 0) is 25.3 Å². The maximum Gasteiger partial charge on any atom is 0.418 e. The number of nitrogens with two attached hydrogens (primary N) is 1. The topological polar surface area (TPSA) is 200 Å². The van der Waals surface area contributed by atoms with Crippen LogP contribution in [0.3, 0.4) is 0 Å². The van der Waals surface area contributed by atoms with E-state index in [1.165, 1.54) is 44.1 Å². The van der Waals surface area contributed by atoms with Gasteiger partial charge in [0.25, 0.3) is 5.91 Å². The van der Waals surface area contributed by atoms with Gasteiger partial charge in [0.05, 0.1) is 28.8 Å². The Morgan fingerprint density at radius 2 is 1.76 bits per heavy atom. The number of ether oxygens (including phenoxy) is 1. The number of alkyl halides is 3. The van der Waals surface area contributed by atoms with Gasteiger partial charge in [-0.15, -0.1) is 0 Å². The maximum absolute atomic E-state index is 14.2. The molecule has 0 unspecified atom stereocenters. The summed E-state index contributed by atoms with van der Waals surface area (Å²) < 4.78 is 47.0. The van der Waals surface area contributed by atoms with E-state index in [0.717, 1.165) is 12.1 Å². The van der Waals surface area contributed by atoms with E-state index in [1.54, 1.807) is 0 Å². The summed E-state index contributed by atoms with van der Waals surface area (Å²) in [7, 11) is 2.66. The number of fused-ring (bicyclic) bond motifs is 3. The Morgan fingerprint density at radius 3 is 2.35 bits per heavy atom. The fraction of sp³-hybridized carbons (Fsp3) is 0.333. The summed E-state index contributed by atoms with van der Waals surface area (Å²) in [6.45, 7) is 1.53. The minimum atomic E-state index is -4.97. The van der Waals surface area contributed by atoms with Crippen molar-refractivity contribution < 1.29 is 57.5 Å². The number of aliphatic hydroxyl groups is 3. The van der Waals surface area contributed by atoms with Crippen LogP contribution in [0.2, 0.25) is 5.02 Å². The zero-order valence-electron chi connectivity index (χ0n) is 24.2. The standard InChI is InChI=1S/C30H27ClF3N3O9/c1-10-12-5-4-6-15(38)17(12)22(39)18-16(10)24(46-28(44)36-14-8-7-11(31)9-13(14)30(32,33)34)20-21(37(2)3)23(40)19(27(35)43)26(42)29(20,45)25(18)41/h4-10,16,20-21,24,38-39,42,45H,1-3H3,(H2,35,43)(H,36,44)/t10-,16+,20+,21-,24-,29-/m1/s1. The van der Waals surface area contributed by atoms with Gasteiger partial charge in [-0.3, -0.25) is 24.6 Å². The summed E-state index contributed by atoms with van der Waals surface area (Å²) in [6, 6.07) is 4.98. The second kappa shape index (κ2) is 11.0. The van der Waals surface area contributed by atoms with Crippen LogP contribution in [0.4, 0.5) is 23.7 Å². The molecule has 1 saturated carbocycles. The zero-order valence-corrected chi connectivity index (χ0v) is 25.0. The molecule has 12 nitrogen and oxygen atoms in total. The van der Waals surface area contributed by atoms with E-state index in [4.69, 9.17) is 22.1 Å². The van der Waals surface area contributed by atoms with Gasteiger partial charge >= 0.3 is 12.3 Å². The molecule has 0 aliphatic heterocycles. The molecule has 16 heteroatoms. The lowest BCUT2D eigenvalue weighted by molar-refractivity contribution is -0.169. The number of amides is 2. The lowest BCUT2D eigenvalue weighted by Gasteiger charge is -2.54. The lowest BCUT2D eigenvalue weighted by Crippen LogP contribution is -2.71. The van der Waals surface area contributed by atoms with Crippen LogP contribution in [0.15, 0.2) is 53.3 Å². The first-order valence-corrected chi connectivity index (χ1v) is 14.0. The number of carbonyl (C=O) groups is 4. The molecule has 0 aromatic heterocycles. The number of Topliss-reactive ketones (excluding diaryl/α,β-unsaturated/α-hetero) is 2. The number of phenols is 1. The second-order valence-corrected chi connectivity index (χ2v) is 11.9. The number of primary amides is 1. The van der Waals surface area contributed by atoms with Gasteiger partial charge in [0.15, 0.2) is 11.4 Å². The van der Waals surface area contributed by atoms with Gasteiger partial charge in [0, 0.05) is 16.5 Å². The number of hydrogen-bond acceptors (Lipinski definition) is 10. The molecule has 46 heavy (non-hydrogen) atoms. The van der Waals surface area contributed by atoms with Crippen LogP contribution in [0, 0.1) is 11.8 Å². The highest BCUT2D eigenvalue weighted by Crippen LogP contribution is 2.57. The highest BCUT2D eigenvalue weighted by atomic mass is 35.5. The van der Waals surface area contributed by atoms with Crippen molar-refractivity contribution in [3.05, 3.63) is 75.0 Å². The number of likely N-dealkylation sites (N-methyl/N-ethyl adjacent to an activating group) is 1. The van der Waals surface area contributed by atoms with Crippen molar-refractivity contribution in [1.82, 2.24) is 4.90 Å². The fourth-order valence-electron chi connectivity index (χ4n) is 6.81. The third-order valence-corrected chi connectivity index (χ3v) is 8.97. The van der Waals surface area contributed by atoms with Crippen molar-refractivity contribution in [1.29, 1.82) is 0 Å². The number of rotatable bonds is 4. The van der Waals surface area contributed by atoms with E-state index >= 15 is 0 Å². The van der Waals surface area contributed by atoms with E-state index in [1.807, 2.05) is 5.32 Å². The first-order valence-electron chi connectivity index (χ1n) is 13.6. The average Bonchev–Trinajstić information content (AvgIpc) is 2.94. The van der Waals surface area contributed by atoms with E-state index in [9.17, 15) is 52.8 Å². The van der Waals surface area contributed by atoms with E-state index in [2.05, 4.69) is 0 Å². The summed E-state index contributed by atoms with van der Waals surface area (Å²) in [6.07, 6.45) is -8.35. The van der Waals surface area contributed by atoms with Gasteiger partial charge < -0.3 is 30.9 Å². The van der Waals surface area contributed by atoms with E-state index in [0.29, 0.717) is 6.07 Å². The molecule has 3 aliphatic carbocycles. The number of benzene rings is 2. The van der Waals surface area contributed by atoms with Crippen molar-refractivity contribution in [3.8, 4) is 5.75 Å². The number of aliphatic hydroxyl groups excluding tert-OH is 2. The Balaban J connectivity index is 1.75. The first kappa shape index (κ1) is 32.8. The first-order chi connectivity index (χ1) is 21.3. The number of nitrogens with zero attached hydrogens (tertiary/aromatic N) is 1. The normalized spacial score (nSPS) is 27.6. The second-order valence-electron chi connectivity index (χ2n) is 11.5. The number of hydrogen-bond donors (Lipinski definition) is 6. The summed E-state index contributed by atoms with van der Waals surface area (Å²) >= 11 is 5.74. The highest BCUT2D eigenvalue weighted by molar-refractivity contribution is 6.30. The molecule has 0 saturated heterocycles. The van der Waals surface area contributed by atoms with Gasteiger partial charge in [-0.2, -0.15) is 13.2 Å². The summed E-state index contributed by atoms with van der Waals surface area (Å²) in [4.78, 5) is 54.8. The minimum Gasteiger partial charge on any atom is -0.508 e. The quantitative estimate of drug-likeness (QED) is 0.263. The van der Waals surface area contributed by atoms with Gasteiger partial charge in [0.1, 0.15) is 28.9 Å². The third-order valence-electron chi connectivity index (χ3n) is 8.73. The van der Waals surface area contributed by atoms with Crippen LogP contribution in [0.5, 0.6) is 5.75 Å². The van der Waals surface area contributed by atoms with Crippen LogP contribution in [-0.4, -0.2) is 80.7 Å². The number of halogens is 4. The van der Waals surface area contributed by atoms with Crippen LogP contribution >= 0.6 is 11.6 Å². The monoisotopic (exact) mass is 665 g/mol. The van der Waals surface area contributed by atoms with Crippen molar-refractivity contribution in [3.63, 3.8) is 0 Å². The molecule has 244 valence electrons. The summed E-state index contributed by atoms with van der Waals surface area (Å²) in [5, 5.41) is 46.9. The number of nitrogens with one attached hydrogen (secondary N) is 1. The molecule has 3 aliphatic rings. The smallest absolute Gasteiger partial charge is 0.418 e. The van der Waals surface area contributed by atoms with E-state index in [-0.39, 0.29) is 16.1 Å². The molecule has 2 aromatic carbocycles. The summed E-state index contributed by atoms with van der Waals surface area (Å²) in [5.41, 5.74) is -1.66. The molecule has 0 heterocycles. The Kier molecular flexibility index (Phi) is 7.86. The van der Waals surface area contributed by atoms with Crippen molar-refractivity contribution in [2.24, 2.45) is 17.6 Å². The van der Waals surface area contributed by atoms with Crippen molar-refractivity contribution in [2.75, 3.05) is 19.4 Å². The van der Waals surface area contributed by atoms with Crippen LogP contribution < -0.4 is 11.1 Å². The maximum atomic E-state index is 14.2. The molecular formula is C30H27ClF3N3O9. The number of phenolic OH excluding ortho intramolecular Hbond substituents is 1. The predicted molar refractivity (Wildman–Crippen MR) is 155 cm³/mol.